The molecule has 1 aliphatic heterocycles. The van der Waals surface area contributed by atoms with Gasteiger partial charge in [0, 0.05) is 38.0 Å². The molecule has 0 aliphatic carbocycles. The molecule has 1 atom stereocenters. The standard InChI is InChI=1S/C16H21N5O2/c1-3-8-21-15(22)7-6-13(18-21)16(23)20-9-4-5-14(20)12-10-17-19(2)11-12/h6-7,10-11,14H,3-5,8-9H2,1-2H3/t14-/m1/s1. The number of aromatic nitrogens is 4. The Kier molecular flexibility index (Phi) is 4.27. The topological polar surface area (TPSA) is 73.0 Å². The highest BCUT2D eigenvalue weighted by atomic mass is 16.2. The Bertz CT molecular complexity index is 764. The summed E-state index contributed by atoms with van der Waals surface area (Å²) < 4.78 is 3.11. The van der Waals surface area contributed by atoms with Gasteiger partial charge in [-0.3, -0.25) is 14.3 Å². The monoisotopic (exact) mass is 315 g/mol. The average Bonchev–Trinajstić information content (AvgIpc) is 3.17. The van der Waals surface area contributed by atoms with E-state index in [0.29, 0.717) is 18.8 Å². The van der Waals surface area contributed by atoms with Crippen LogP contribution in [0.2, 0.25) is 0 Å². The van der Waals surface area contributed by atoms with Gasteiger partial charge in [-0.1, -0.05) is 6.92 Å². The minimum Gasteiger partial charge on any atom is -0.330 e. The van der Waals surface area contributed by atoms with Crippen LogP contribution in [-0.2, 0) is 13.6 Å². The molecule has 0 bridgehead atoms. The van der Waals surface area contributed by atoms with E-state index in [1.807, 2.05) is 31.3 Å². The van der Waals surface area contributed by atoms with Crippen LogP contribution in [0.15, 0.2) is 29.3 Å². The normalized spacial score (nSPS) is 17.7. The molecule has 2 aromatic rings. The van der Waals surface area contributed by atoms with Gasteiger partial charge in [0.05, 0.1) is 12.2 Å². The summed E-state index contributed by atoms with van der Waals surface area (Å²) in [4.78, 5) is 26.4. The molecular formula is C16H21N5O2. The SMILES string of the molecule is CCCn1nc(C(=O)N2CCC[C@@H]2c2cnn(C)c2)ccc1=O. The van der Waals surface area contributed by atoms with Crippen molar-refractivity contribution in [2.45, 2.75) is 38.8 Å². The first-order valence-electron chi connectivity index (χ1n) is 7.98. The molecular weight excluding hydrogens is 294 g/mol. The van der Waals surface area contributed by atoms with Gasteiger partial charge in [0.15, 0.2) is 0 Å². The van der Waals surface area contributed by atoms with E-state index in [4.69, 9.17) is 0 Å². The summed E-state index contributed by atoms with van der Waals surface area (Å²) in [6, 6.07) is 2.98. The molecule has 2 aromatic heterocycles. The highest BCUT2D eigenvalue weighted by molar-refractivity contribution is 5.92. The maximum atomic E-state index is 12.8. The van der Waals surface area contributed by atoms with Gasteiger partial charge in [0.2, 0.25) is 0 Å². The number of nitrogens with zero attached hydrogens (tertiary/aromatic N) is 5. The van der Waals surface area contributed by atoms with Gasteiger partial charge in [-0.2, -0.15) is 10.2 Å². The van der Waals surface area contributed by atoms with Crippen LogP contribution in [0.5, 0.6) is 0 Å². The molecule has 7 nitrogen and oxygen atoms in total. The molecule has 1 saturated heterocycles. The second kappa shape index (κ2) is 6.36. The molecule has 3 heterocycles. The number of amides is 1. The van der Waals surface area contributed by atoms with Crippen molar-refractivity contribution >= 4 is 5.91 Å². The lowest BCUT2D eigenvalue weighted by Crippen LogP contribution is -2.33. The molecule has 0 saturated carbocycles. The Hall–Kier alpha value is -2.44. The molecule has 122 valence electrons. The minimum absolute atomic E-state index is 0.0320. The number of rotatable bonds is 4. The summed E-state index contributed by atoms with van der Waals surface area (Å²) in [5.74, 6) is -0.124. The van der Waals surface area contributed by atoms with Gasteiger partial charge in [-0.25, -0.2) is 4.68 Å². The summed E-state index contributed by atoms with van der Waals surface area (Å²) >= 11 is 0. The summed E-state index contributed by atoms with van der Waals surface area (Å²) in [5, 5.41) is 8.43. The first-order chi connectivity index (χ1) is 11.1. The fourth-order valence-electron chi connectivity index (χ4n) is 3.05. The summed E-state index contributed by atoms with van der Waals surface area (Å²) in [6.45, 7) is 3.19. The van der Waals surface area contributed by atoms with Crippen LogP contribution < -0.4 is 5.56 Å². The van der Waals surface area contributed by atoms with Crippen molar-refractivity contribution in [2.75, 3.05) is 6.54 Å². The Balaban J connectivity index is 1.87. The van der Waals surface area contributed by atoms with Crippen LogP contribution in [0.25, 0.3) is 0 Å². The van der Waals surface area contributed by atoms with Gasteiger partial charge in [-0.15, -0.1) is 0 Å². The molecule has 0 radical (unpaired) electrons. The molecule has 7 heteroatoms. The van der Waals surface area contributed by atoms with Crippen LogP contribution in [0.1, 0.15) is 48.3 Å². The fraction of sp³-hybridized carbons (Fsp3) is 0.500. The van der Waals surface area contributed by atoms with E-state index in [1.165, 1.54) is 16.8 Å². The Morgan fingerprint density at radius 1 is 1.39 bits per heavy atom. The average molecular weight is 315 g/mol. The lowest BCUT2D eigenvalue weighted by atomic mass is 10.1. The van der Waals surface area contributed by atoms with Gasteiger partial charge < -0.3 is 4.90 Å². The van der Waals surface area contributed by atoms with Crippen molar-refractivity contribution in [3.8, 4) is 0 Å². The Morgan fingerprint density at radius 2 is 2.22 bits per heavy atom. The first kappa shape index (κ1) is 15.5. The lowest BCUT2D eigenvalue weighted by Gasteiger charge is -2.23. The number of carbonyl (C=O) groups excluding carboxylic acids is 1. The molecule has 1 amide bonds. The van der Waals surface area contributed by atoms with Gasteiger partial charge >= 0.3 is 0 Å². The summed E-state index contributed by atoms with van der Waals surface area (Å²) in [6.07, 6.45) is 6.43. The number of likely N-dealkylation sites (tertiary alicyclic amines) is 1. The second-order valence-electron chi connectivity index (χ2n) is 5.88. The number of carbonyl (C=O) groups is 1. The van der Waals surface area contributed by atoms with Crippen LogP contribution in [0, 0.1) is 0 Å². The molecule has 0 spiro atoms. The molecule has 0 N–H and O–H groups in total. The third kappa shape index (κ3) is 3.04. The smallest absolute Gasteiger partial charge is 0.274 e. The third-order valence-electron chi connectivity index (χ3n) is 4.14. The van der Waals surface area contributed by atoms with Crippen LogP contribution in [0.3, 0.4) is 0 Å². The molecule has 23 heavy (non-hydrogen) atoms. The van der Waals surface area contributed by atoms with E-state index >= 15 is 0 Å². The molecule has 1 aliphatic rings. The maximum absolute atomic E-state index is 12.8. The van der Waals surface area contributed by atoms with E-state index < -0.39 is 0 Å². The van der Waals surface area contributed by atoms with E-state index in [0.717, 1.165) is 24.8 Å². The van der Waals surface area contributed by atoms with E-state index in [2.05, 4.69) is 10.2 Å². The molecule has 0 unspecified atom stereocenters. The second-order valence-corrected chi connectivity index (χ2v) is 5.88. The zero-order valence-corrected chi connectivity index (χ0v) is 13.5. The van der Waals surface area contributed by atoms with Crippen molar-refractivity contribution in [3.05, 3.63) is 46.1 Å². The van der Waals surface area contributed by atoms with Crippen LogP contribution >= 0.6 is 0 Å². The van der Waals surface area contributed by atoms with Crippen LogP contribution in [0.4, 0.5) is 0 Å². The van der Waals surface area contributed by atoms with Crippen molar-refractivity contribution < 1.29 is 4.79 Å². The molecule has 1 fully saturated rings. The van der Waals surface area contributed by atoms with Gasteiger partial charge in [0.1, 0.15) is 5.69 Å². The van der Waals surface area contributed by atoms with Gasteiger partial charge in [0.25, 0.3) is 11.5 Å². The Morgan fingerprint density at radius 3 is 2.91 bits per heavy atom. The summed E-state index contributed by atoms with van der Waals surface area (Å²) in [7, 11) is 1.87. The number of hydrogen-bond donors (Lipinski definition) is 0. The van der Waals surface area contributed by atoms with Crippen LogP contribution in [-0.4, -0.2) is 36.9 Å². The number of hydrogen-bond acceptors (Lipinski definition) is 4. The highest BCUT2D eigenvalue weighted by Gasteiger charge is 2.32. The van der Waals surface area contributed by atoms with Gasteiger partial charge in [-0.05, 0) is 25.3 Å². The highest BCUT2D eigenvalue weighted by Crippen LogP contribution is 2.32. The molecule has 3 rings (SSSR count). The predicted molar refractivity (Wildman–Crippen MR) is 85.0 cm³/mol. The largest absolute Gasteiger partial charge is 0.330 e. The lowest BCUT2D eigenvalue weighted by molar-refractivity contribution is 0.0726. The third-order valence-corrected chi connectivity index (χ3v) is 4.14. The van der Waals surface area contributed by atoms with Crippen molar-refractivity contribution in [2.24, 2.45) is 7.05 Å². The van der Waals surface area contributed by atoms with Crippen molar-refractivity contribution in [1.29, 1.82) is 0 Å². The quantitative estimate of drug-likeness (QED) is 0.854. The van der Waals surface area contributed by atoms with Crippen molar-refractivity contribution in [1.82, 2.24) is 24.5 Å². The van der Waals surface area contributed by atoms with E-state index in [-0.39, 0.29) is 17.5 Å². The maximum Gasteiger partial charge on any atom is 0.274 e. The van der Waals surface area contributed by atoms with E-state index in [9.17, 15) is 9.59 Å². The van der Waals surface area contributed by atoms with Crippen molar-refractivity contribution in [3.63, 3.8) is 0 Å². The Labute approximate surface area is 134 Å². The summed E-state index contributed by atoms with van der Waals surface area (Å²) in [5.41, 5.74) is 1.20. The van der Waals surface area contributed by atoms with E-state index in [1.54, 1.807) is 4.68 Å². The fourth-order valence-corrected chi connectivity index (χ4v) is 3.05. The first-order valence-corrected chi connectivity index (χ1v) is 7.98. The zero-order chi connectivity index (χ0) is 16.4. The number of aryl methyl sites for hydroxylation is 2. The zero-order valence-electron chi connectivity index (χ0n) is 13.5. The molecule has 0 aromatic carbocycles. The predicted octanol–water partition coefficient (Wildman–Crippen LogP) is 1.36. The minimum atomic E-state index is -0.173.